The van der Waals surface area contributed by atoms with Gasteiger partial charge in [-0.2, -0.15) is 0 Å². The number of aliphatic carboxylic acids is 1. The van der Waals surface area contributed by atoms with Crippen molar-refractivity contribution >= 4 is 5.97 Å². The highest BCUT2D eigenvalue weighted by Gasteiger charge is 2.32. The quantitative estimate of drug-likeness (QED) is 0.820. The third-order valence-corrected chi connectivity index (χ3v) is 2.00. The molecule has 18 heavy (non-hydrogen) atoms. The molecule has 0 aliphatic heterocycles. The molecule has 8 heteroatoms. The Morgan fingerprint density at radius 2 is 2.06 bits per heavy atom. The number of hydrogen-bond acceptors (Lipinski definition) is 3. The minimum atomic E-state index is -4.99. The Labute approximate surface area is 99.0 Å². The first kappa shape index (κ1) is 14.2. The molecular formula is C10H9F4NO3. The number of carboxylic acids is 1. The Hall–Kier alpha value is -1.83. The first-order valence-electron chi connectivity index (χ1n) is 4.71. The van der Waals surface area contributed by atoms with E-state index in [4.69, 9.17) is 10.8 Å². The van der Waals surface area contributed by atoms with E-state index in [1.807, 2.05) is 0 Å². The molecule has 1 unspecified atom stereocenters. The molecule has 0 saturated carbocycles. The van der Waals surface area contributed by atoms with Gasteiger partial charge >= 0.3 is 12.3 Å². The number of alkyl halides is 3. The fourth-order valence-electron chi connectivity index (χ4n) is 1.26. The van der Waals surface area contributed by atoms with E-state index in [1.54, 1.807) is 0 Å². The lowest BCUT2D eigenvalue weighted by Gasteiger charge is -2.13. The highest BCUT2D eigenvalue weighted by atomic mass is 19.4. The number of halogens is 4. The van der Waals surface area contributed by atoms with Crippen LogP contribution in [0.5, 0.6) is 5.75 Å². The minimum absolute atomic E-state index is 0.0735. The summed E-state index contributed by atoms with van der Waals surface area (Å²) < 4.78 is 52.2. The molecule has 3 N–H and O–H groups in total. The predicted molar refractivity (Wildman–Crippen MR) is 52.3 cm³/mol. The molecule has 0 radical (unpaired) electrons. The van der Waals surface area contributed by atoms with Crippen molar-refractivity contribution in [1.82, 2.24) is 0 Å². The van der Waals surface area contributed by atoms with Crippen molar-refractivity contribution in [3.63, 3.8) is 0 Å². The van der Waals surface area contributed by atoms with Crippen molar-refractivity contribution in [3.05, 3.63) is 29.6 Å². The van der Waals surface area contributed by atoms with Crippen LogP contribution in [0.15, 0.2) is 18.2 Å². The van der Waals surface area contributed by atoms with Crippen molar-refractivity contribution in [2.24, 2.45) is 5.73 Å². The van der Waals surface area contributed by atoms with Gasteiger partial charge < -0.3 is 15.6 Å². The number of carbonyl (C=O) groups is 1. The lowest BCUT2D eigenvalue weighted by atomic mass is 10.0. The Morgan fingerprint density at radius 3 is 2.50 bits per heavy atom. The highest BCUT2D eigenvalue weighted by molar-refractivity contribution is 5.67. The minimum Gasteiger partial charge on any atom is -0.481 e. The number of carboxylic acid groups (broad SMARTS) is 1. The van der Waals surface area contributed by atoms with Crippen LogP contribution < -0.4 is 10.5 Å². The lowest BCUT2D eigenvalue weighted by Crippen LogP contribution is -2.19. The molecule has 1 rings (SSSR count). The number of benzene rings is 1. The molecule has 0 amide bonds. The van der Waals surface area contributed by atoms with Crippen LogP contribution in [-0.4, -0.2) is 17.4 Å². The molecule has 0 aromatic heterocycles. The molecule has 1 atom stereocenters. The van der Waals surface area contributed by atoms with Gasteiger partial charge in [0.15, 0.2) is 11.6 Å². The average molecular weight is 267 g/mol. The number of nitrogens with two attached hydrogens (primary N) is 1. The molecular weight excluding hydrogens is 258 g/mol. The first-order chi connectivity index (χ1) is 8.19. The van der Waals surface area contributed by atoms with Gasteiger partial charge in [-0.3, -0.25) is 4.79 Å². The number of hydrogen-bond donors (Lipinski definition) is 2. The molecule has 0 spiro atoms. The average Bonchev–Trinajstić information content (AvgIpc) is 2.18. The van der Waals surface area contributed by atoms with Crippen molar-refractivity contribution in [2.75, 3.05) is 0 Å². The standard InChI is InChI=1S/C10H9F4NO3/c11-6-3-5(7(15)4-9(16)17)1-2-8(6)18-10(12,13)14/h1-3,7H,4,15H2,(H,16,17). The van der Waals surface area contributed by atoms with Crippen LogP contribution in [0.3, 0.4) is 0 Å². The van der Waals surface area contributed by atoms with Crippen molar-refractivity contribution in [1.29, 1.82) is 0 Å². The monoisotopic (exact) mass is 267 g/mol. The summed E-state index contributed by atoms with van der Waals surface area (Å²) in [6, 6.07) is 1.55. The summed E-state index contributed by atoms with van der Waals surface area (Å²) in [7, 11) is 0. The Bertz CT molecular complexity index is 447. The zero-order valence-corrected chi connectivity index (χ0v) is 8.87. The van der Waals surface area contributed by atoms with Gasteiger partial charge in [-0.1, -0.05) is 6.07 Å². The van der Waals surface area contributed by atoms with Crippen LogP contribution in [0, 0.1) is 5.82 Å². The largest absolute Gasteiger partial charge is 0.573 e. The smallest absolute Gasteiger partial charge is 0.481 e. The second-order valence-electron chi connectivity index (χ2n) is 3.44. The van der Waals surface area contributed by atoms with Crippen LogP contribution >= 0.6 is 0 Å². The normalized spacial score (nSPS) is 13.2. The maximum Gasteiger partial charge on any atom is 0.573 e. The molecule has 0 fully saturated rings. The van der Waals surface area contributed by atoms with Crippen LogP contribution in [0.1, 0.15) is 18.0 Å². The predicted octanol–water partition coefficient (Wildman–Crippen LogP) is 2.20. The van der Waals surface area contributed by atoms with Crippen LogP contribution in [-0.2, 0) is 4.79 Å². The van der Waals surface area contributed by atoms with Gasteiger partial charge in [0.05, 0.1) is 6.42 Å². The summed E-state index contributed by atoms with van der Waals surface area (Å²) >= 11 is 0. The molecule has 1 aromatic rings. The van der Waals surface area contributed by atoms with E-state index in [0.717, 1.165) is 12.1 Å². The number of ether oxygens (including phenoxy) is 1. The maximum atomic E-state index is 13.3. The molecule has 0 saturated heterocycles. The molecule has 4 nitrogen and oxygen atoms in total. The molecule has 0 bridgehead atoms. The van der Waals surface area contributed by atoms with Gasteiger partial charge in [0.25, 0.3) is 0 Å². The van der Waals surface area contributed by atoms with E-state index in [0.29, 0.717) is 6.07 Å². The van der Waals surface area contributed by atoms with Crippen LogP contribution in [0.2, 0.25) is 0 Å². The van der Waals surface area contributed by atoms with Gasteiger partial charge in [-0.15, -0.1) is 13.2 Å². The molecule has 0 aliphatic carbocycles. The summed E-state index contributed by atoms with van der Waals surface area (Å²) in [4.78, 5) is 10.4. The van der Waals surface area contributed by atoms with Crippen molar-refractivity contribution in [2.45, 2.75) is 18.8 Å². The van der Waals surface area contributed by atoms with Gasteiger partial charge in [-0.05, 0) is 17.7 Å². The topological polar surface area (TPSA) is 72.6 Å². The Kier molecular flexibility index (Phi) is 4.12. The summed E-state index contributed by atoms with van der Waals surface area (Å²) in [6.07, 6.45) is -5.45. The van der Waals surface area contributed by atoms with Crippen LogP contribution in [0.4, 0.5) is 17.6 Å². The zero-order chi connectivity index (χ0) is 13.9. The SMILES string of the molecule is NC(CC(=O)O)c1ccc(OC(F)(F)F)c(F)c1. The summed E-state index contributed by atoms with van der Waals surface area (Å²) in [5.74, 6) is -3.45. The van der Waals surface area contributed by atoms with Gasteiger partial charge in [0, 0.05) is 6.04 Å². The second kappa shape index (κ2) is 5.21. The fraction of sp³-hybridized carbons (Fsp3) is 0.300. The zero-order valence-electron chi connectivity index (χ0n) is 8.87. The molecule has 100 valence electrons. The summed E-state index contributed by atoms with van der Waals surface area (Å²) in [6.45, 7) is 0. The fourth-order valence-corrected chi connectivity index (χ4v) is 1.26. The van der Waals surface area contributed by atoms with Gasteiger partial charge in [0.2, 0.25) is 0 Å². The summed E-state index contributed by atoms with van der Waals surface area (Å²) in [5, 5.41) is 8.47. The summed E-state index contributed by atoms with van der Waals surface area (Å²) in [5.41, 5.74) is 5.51. The van der Waals surface area contributed by atoms with Crippen molar-refractivity contribution in [3.8, 4) is 5.75 Å². The first-order valence-corrected chi connectivity index (χ1v) is 4.71. The Balaban J connectivity index is 2.88. The third kappa shape index (κ3) is 4.21. The Morgan fingerprint density at radius 1 is 1.44 bits per heavy atom. The van der Waals surface area contributed by atoms with E-state index in [-0.39, 0.29) is 5.56 Å². The molecule has 1 aromatic carbocycles. The van der Waals surface area contributed by atoms with Gasteiger partial charge in [-0.25, -0.2) is 4.39 Å². The highest BCUT2D eigenvalue weighted by Crippen LogP contribution is 2.27. The second-order valence-corrected chi connectivity index (χ2v) is 3.44. The van der Waals surface area contributed by atoms with Crippen LogP contribution in [0.25, 0.3) is 0 Å². The maximum absolute atomic E-state index is 13.3. The van der Waals surface area contributed by atoms with Crippen molar-refractivity contribution < 1.29 is 32.2 Å². The third-order valence-electron chi connectivity index (χ3n) is 2.00. The van der Waals surface area contributed by atoms with E-state index < -0.39 is 36.4 Å². The molecule has 0 heterocycles. The molecule has 0 aliphatic rings. The number of rotatable bonds is 4. The van der Waals surface area contributed by atoms with E-state index in [2.05, 4.69) is 4.74 Å². The van der Waals surface area contributed by atoms with E-state index >= 15 is 0 Å². The van der Waals surface area contributed by atoms with Gasteiger partial charge in [0.1, 0.15) is 0 Å². The lowest BCUT2D eigenvalue weighted by molar-refractivity contribution is -0.275. The van der Waals surface area contributed by atoms with E-state index in [9.17, 15) is 22.4 Å². The van der Waals surface area contributed by atoms with E-state index in [1.165, 1.54) is 0 Å².